The van der Waals surface area contributed by atoms with Crippen molar-refractivity contribution in [1.82, 2.24) is 5.32 Å². The van der Waals surface area contributed by atoms with Crippen molar-refractivity contribution in [2.24, 2.45) is 0 Å². The second kappa shape index (κ2) is 7.08. The van der Waals surface area contributed by atoms with Crippen LogP contribution in [0.15, 0.2) is 47.7 Å². The summed E-state index contributed by atoms with van der Waals surface area (Å²) in [5.74, 6) is -1.42. The van der Waals surface area contributed by atoms with E-state index in [9.17, 15) is 18.4 Å². The molecule has 0 saturated carbocycles. The Hall–Kier alpha value is -3.62. The molecule has 2 amide bonds. The van der Waals surface area contributed by atoms with E-state index in [0.717, 1.165) is 6.07 Å². The lowest BCUT2D eigenvalue weighted by molar-refractivity contribution is -0.136. The van der Waals surface area contributed by atoms with Gasteiger partial charge in [0.05, 0.1) is 24.4 Å². The molecule has 29 heavy (non-hydrogen) atoms. The highest BCUT2D eigenvalue weighted by molar-refractivity contribution is 6.03. The largest absolute Gasteiger partial charge is 0.466 e. The number of anilines is 1. The van der Waals surface area contributed by atoms with Crippen molar-refractivity contribution in [2.45, 2.75) is 13.0 Å². The number of urea groups is 1. The normalized spacial score (nSPS) is 18.0. The Morgan fingerprint density at radius 1 is 1.17 bits per heavy atom. The van der Waals surface area contributed by atoms with Crippen LogP contribution in [0.3, 0.4) is 0 Å². The number of ether oxygens (including phenoxy) is 3. The van der Waals surface area contributed by atoms with Gasteiger partial charge in [0.25, 0.3) is 0 Å². The van der Waals surface area contributed by atoms with E-state index >= 15 is 0 Å². The summed E-state index contributed by atoms with van der Waals surface area (Å²) in [6, 6.07) is 6.06. The molecule has 2 aromatic carbocycles. The summed E-state index contributed by atoms with van der Waals surface area (Å²) in [5, 5.41) is 2.60. The fraction of sp³-hybridized carbons (Fsp3) is 0.200. The molecule has 4 rings (SSSR count). The van der Waals surface area contributed by atoms with Crippen molar-refractivity contribution in [1.29, 1.82) is 0 Å². The summed E-state index contributed by atoms with van der Waals surface area (Å²) in [5.41, 5.74) is 0.636. The number of carbonyl (C=O) groups excluding carboxylic acids is 2. The van der Waals surface area contributed by atoms with E-state index in [4.69, 9.17) is 14.2 Å². The summed E-state index contributed by atoms with van der Waals surface area (Å²) in [7, 11) is 1.18. The molecule has 7 nitrogen and oxygen atoms in total. The molecule has 0 radical (unpaired) electrons. The average Bonchev–Trinajstić information content (AvgIpc) is 3.15. The van der Waals surface area contributed by atoms with Crippen molar-refractivity contribution < 1.29 is 32.6 Å². The Morgan fingerprint density at radius 2 is 1.93 bits per heavy atom. The van der Waals surface area contributed by atoms with Crippen molar-refractivity contribution in [2.75, 3.05) is 18.8 Å². The molecule has 1 atom stereocenters. The second-order valence-corrected chi connectivity index (χ2v) is 6.41. The zero-order chi connectivity index (χ0) is 20.7. The van der Waals surface area contributed by atoms with Gasteiger partial charge < -0.3 is 19.5 Å². The smallest absolute Gasteiger partial charge is 0.337 e. The lowest BCUT2D eigenvalue weighted by Crippen LogP contribution is -2.48. The third-order valence-corrected chi connectivity index (χ3v) is 4.78. The highest BCUT2D eigenvalue weighted by Gasteiger charge is 2.38. The number of fused-ring (bicyclic) bond motifs is 1. The molecule has 9 heteroatoms. The molecule has 2 heterocycles. The van der Waals surface area contributed by atoms with Gasteiger partial charge in [0, 0.05) is 23.4 Å². The summed E-state index contributed by atoms with van der Waals surface area (Å²) >= 11 is 0. The third kappa shape index (κ3) is 3.14. The van der Waals surface area contributed by atoms with E-state index in [1.165, 1.54) is 18.1 Å². The zero-order valence-corrected chi connectivity index (χ0v) is 15.5. The number of benzene rings is 2. The molecule has 0 aliphatic carbocycles. The summed E-state index contributed by atoms with van der Waals surface area (Å²) < 4.78 is 43.2. The molecule has 2 aliphatic rings. The van der Waals surface area contributed by atoms with E-state index in [1.807, 2.05) is 0 Å². The van der Waals surface area contributed by atoms with E-state index in [-0.39, 0.29) is 23.6 Å². The molecule has 1 N–H and O–H groups in total. The number of hydrogen-bond donors (Lipinski definition) is 1. The van der Waals surface area contributed by atoms with Gasteiger partial charge >= 0.3 is 12.0 Å². The zero-order valence-electron chi connectivity index (χ0n) is 15.5. The van der Waals surface area contributed by atoms with E-state index in [1.54, 1.807) is 25.1 Å². The molecule has 0 spiro atoms. The number of hydrogen-bond acceptors (Lipinski definition) is 5. The minimum atomic E-state index is -1.14. The Kier molecular flexibility index (Phi) is 4.57. The number of carbonyl (C=O) groups is 2. The first-order chi connectivity index (χ1) is 13.9. The Labute approximate surface area is 164 Å². The number of methoxy groups -OCH3 is 1. The fourth-order valence-corrected chi connectivity index (χ4v) is 3.42. The van der Waals surface area contributed by atoms with E-state index < -0.39 is 29.7 Å². The quantitative estimate of drug-likeness (QED) is 0.797. The number of nitrogens with zero attached hydrogens (tertiary/aromatic N) is 1. The lowest BCUT2D eigenvalue weighted by atomic mass is 9.94. The number of amides is 2. The van der Waals surface area contributed by atoms with Crippen LogP contribution in [-0.2, 0) is 9.53 Å². The van der Waals surface area contributed by atoms with Crippen LogP contribution in [0.1, 0.15) is 18.5 Å². The Bertz CT molecular complexity index is 1050. The molecule has 0 aromatic heterocycles. The fourth-order valence-electron chi connectivity index (χ4n) is 3.42. The maximum absolute atomic E-state index is 14.4. The van der Waals surface area contributed by atoms with Crippen LogP contribution in [0.5, 0.6) is 11.5 Å². The van der Waals surface area contributed by atoms with Crippen LogP contribution in [0.2, 0.25) is 0 Å². The molecule has 0 bridgehead atoms. The summed E-state index contributed by atoms with van der Waals surface area (Å²) in [6.07, 6.45) is 0. The van der Waals surface area contributed by atoms with Crippen molar-refractivity contribution in [3.05, 3.63) is 64.9 Å². The van der Waals surface area contributed by atoms with Gasteiger partial charge in [0.1, 0.15) is 11.6 Å². The van der Waals surface area contributed by atoms with Gasteiger partial charge in [-0.2, -0.15) is 0 Å². The lowest BCUT2D eigenvalue weighted by Gasteiger charge is -2.35. The van der Waals surface area contributed by atoms with Gasteiger partial charge in [-0.3, -0.25) is 4.90 Å². The van der Waals surface area contributed by atoms with E-state index in [2.05, 4.69) is 5.32 Å². The number of nitrogens with one attached hydrogen (secondary N) is 1. The maximum Gasteiger partial charge on any atom is 0.337 e. The van der Waals surface area contributed by atoms with Crippen LogP contribution < -0.4 is 19.7 Å². The first-order valence-electron chi connectivity index (χ1n) is 8.65. The maximum atomic E-state index is 14.4. The number of halogens is 2. The highest BCUT2D eigenvalue weighted by Crippen LogP contribution is 2.39. The van der Waals surface area contributed by atoms with Crippen molar-refractivity contribution in [3.63, 3.8) is 0 Å². The molecule has 0 fully saturated rings. The Balaban J connectivity index is 1.83. The first kappa shape index (κ1) is 18.7. The molecule has 150 valence electrons. The number of esters is 1. The van der Waals surface area contributed by atoms with Crippen molar-refractivity contribution in [3.8, 4) is 11.5 Å². The monoisotopic (exact) mass is 402 g/mol. The molecule has 2 aliphatic heterocycles. The molecular weight excluding hydrogens is 386 g/mol. The summed E-state index contributed by atoms with van der Waals surface area (Å²) in [6.45, 7) is 1.61. The van der Waals surface area contributed by atoms with Crippen LogP contribution >= 0.6 is 0 Å². The predicted octanol–water partition coefficient (Wildman–Crippen LogP) is 3.41. The standard InChI is InChI=1S/C20H16F2N2O5/c1-10-17(19(25)27-2)18(13-5-3-11(21)7-14(13)22)23-20(26)24(10)12-4-6-15-16(8-12)29-9-28-15/h3-8,18H,9H2,1-2H3,(H,23,26)/t18-/m1/s1. The van der Waals surface area contributed by atoms with Crippen LogP contribution in [-0.4, -0.2) is 25.9 Å². The molecule has 0 saturated heterocycles. The average molecular weight is 402 g/mol. The minimum absolute atomic E-state index is 0.0234. The van der Waals surface area contributed by atoms with Crippen LogP contribution in [0.4, 0.5) is 19.3 Å². The van der Waals surface area contributed by atoms with Crippen LogP contribution in [0, 0.1) is 11.6 Å². The van der Waals surface area contributed by atoms with Gasteiger partial charge in [-0.05, 0) is 25.1 Å². The summed E-state index contributed by atoms with van der Waals surface area (Å²) in [4.78, 5) is 26.7. The van der Waals surface area contributed by atoms with Gasteiger partial charge in [0.15, 0.2) is 11.5 Å². The minimum Gasteiger partial charge on any atom is -0.466 e. The van der Waals surface area contributed by atoms with Crippen LogP contribution in [0.25, 0.3) is 0 Å². The molecule has 0 unspecified atom stereocenters. The van der Waals surface area contributed by atoms with E-state index in [0.29, 0.717) is 23.3 Å². The second-order valence-electron chi connectivity index (χ2n) is 6.41. The highest BCUT2D eigenvalue weighted by atomic mass is 19.1. The number of allylic oxidation sites excluding steroid dienone is 1. The predicted molar refractivity (Wildman–Crippen MR) is 97.4 cm³/mol. The van der Waals surface area contributed by atoms with Gasteiger partial charge in [0.2, 0.25) is 6.79 Å². The SMILES string of the molecule is COC(=O)C1=C(C)N(c2ccc3c(c2)OCO3)C(=O)N[C@@H]1c1ccc(F)cc1F. The van der Waals surface area contributed by atoms with Gasteiger partial charge in [-0.25, -0.2) is 18.4 Å². The van der Waals surface area contributed by atoms with Crippen molar-refractivity contribution >= 4 is 17.7 Å². The number of rotatable bonds is 3. The topological polar surface area (TPSA) is 77.1 Å². The Morgan fingerprint density at radius 3 is 2.66 bits per heavy atom. The van der Waals surface area contributed by atoms with Gasteiger partial charge in [-0.15, -0.1) is 0 Å². The first-order valence-corrected chi connectivity index (χ1v) is 8.65. The molecule has 2 aromatic rings. The third-order valence-electron chi connectivity index (χ3n) is 4.78. The molecular formula is C20H16F2N2O5. The van der Waals surface area contributed by atoms with Gasteiger partial charge in [-0.1, -0.05) is 6.07 Å².